The number of pyridine rings is 1. The topological polar surface area (TPSA) is 90.4 Å². The fraction of sp³-hybridized carbons (Fsp3) is 0.364. The van der Waals surface area contributed by atoms with Gasteiger partial charge in [0, 0.05) is 18.4 Å². The highest BCUT2D eigenvalue weighted by atomic mass is 19.1. The molecule has 4 aromatic heterocycles. The third-order valence-electron chi connectivity index (χ3n) is 6.37. The van der Waals surface area contributed by atoms with Gasteiger partial charge in [-0.2, -0.15) is 4.98 Å². The zero-order valence-electron chi connectivity index (χ0n) is 17.9. The summed E-state index contributed by atoms with van der Waals surface area (Å²) in [6, 6.07) is 3.51. The van der Waals surface area contributed by atoms with E-state index in [0.29, 0.717) is 23.5 Å². The van der Waals surface area contributed by atoms with Crippen molar-refractivity contribution in [3.8, 4) is 23.2 Å². The molecule has 10 heteroatoms. The Morgan fingerprint density at radius 3 is 2.69 bits per heavy atom. The van der Waals surface area contributed by atoms with Crippen molar-refractivity contribution in [3.63, 3.8) is 0 Å². The molecule has 1 aliphatic carbocycles. The molecular weight excluding hydrogens is 409 g/mol. The number of nitrogens with zero attached hydrogens (tertiary/aromatic N) is 9. The van der Waals surface area contributed by atoms with Gasteiger partial charge in [-0.25, -0.2) is 19.3 Å². The van der Waals surface area contributed by atoms with Crippen LogP contribution in [0.1, 0.15) is 50.3 Å². The van der Waals surface area contributed by atoms with Gasteiger partial charge in [0.15, 0.2) is 17.5 Å². The van der Waals surface area contributed by atoms with Crippen LogP contribution in [0.15, 0.2) is 36.9 Å². The molecular formula is C22H22FN9. The molecule has 0 N–H and O–H groups in total. The van der Waals surface area contributed by atoms with Crippen LogP contribution in [0, 0.1) is 12.7 Å². The SMILES string of the molecule is CC[C@@H]1c2nnc(C)n2-c2cnc(-n3ccnc3-c3ccc(F)cn3)nc2N1C1CCC1. The van der Waals surface area contributed by atoms with Crippen LogP contribution in [0.3, 0.4) is 0 Å². The van der Waals surface area contributed by atoms with Gasteiger partial charge in [-0.3, -0.25) is 9.13 Å². The lowest BCUT2D eigenvalue weighted by Crippen LogP contribution is -2.46. The van der Waals surface area contributed by atoms with E-state index in [-0.39, 0.29) is 6.04 Å². The average molecular weight is 431 g/mol. The molecule has 1 atom stereocenters. The first-order chi connectivity index (χ1) is 15.7. The lowest BCUT2D eigenvalue weighted by molar-refractivity contribution is 0.341. The molecule has 0 saturated heterocycles. The fourth-order valence-corrected chi connectivity index (χ4v) is 4.62. The maximum Gasteiger partial charge on any atom is 0.237 e. The van der Waals surface area contributed by atoms with E-state index in [1.165, 1.54) is 18.7 Å². The molecule has 0 aromatic carbocycles. The molecule has 9 nitrogen and oxygen atoms in total. The minimum absolute atomic E-state index is 0.109. The number of fused-ring (bicyclic) bond motifs is 3. The summed E-state index contributed by atoms with van der Waals surface area (Å²) in [7, 11) is 0. The van der Waals surface area contributed by atoms with Crippen LogP contribution in [-0.4, -0.2) is 45.3 Å². The van der Waals surface area contributed by atoms with Crippen LogP contribution in [0.4, 0.5) is 10.2 Å². The van der Waals surface area contributed by atoms with Gasteiger partial charge in [0.2, 0.25) is 5.95 Å². The van der Waals surface area contributed by atoms with Gasteiger partial charge in [0.25, 0.3) is 0 Å². The van der Waals surface area contributed by atoms with Crippen molar-refractivity contribution in [2.45, 2.75) is 51.6 Å². The normalized spacial score (nSPS) is 17.7. The van der Waals surface area contributed by atoms with E-state index < -0.39 is 5.82 Å². The van der Waals surface area contributed by atoms with Crippen molar-refractivity contribution in [2.24, 2.45) is 0 Å². The summed E-state index contributed by atoms with van der Waals surface area (Å²) < 4.78 is 17.2. The molecule has 1 saturated carbocycles. The van der Waals surface area contributed by atoms with Crippen molar-refractivity contribution in [2.75, 3.05) is 4.90 Å². The van der Waals surface area contributed by atoms with E-state index in [2.05, 4.69) is 41.5 Å². The van der Waals surface area contributed by atoms with Crippen LogP contribution in [0.5, 0.6) is 0 Å². The predicted octanol–water partition coefficient (Wildman–Crippen LogP) is 3.58. The lowest BCUT2D eigenvalue weighted by Gasteiger charge is -2.45. The third-order valence-corrected chi connectivity index (χ3v) is 6.37. The minimum atomic E-state index is -0.390. The number of imidazole rings is 1. The predicted molar refractivity (Wildman–Crippen MR) is 115 cm³/mol. The monoisotopic (exact) mass is 431 g/mol. The maximum absolute atomic E-state index is 13.4. The summed E-state index contributed by atoms with van der Waals surface area (Å²) >= 11 is 0. The number of hydrogen-bond acceptors (Lipinski definition) is 7. The average Bonchev–Trinajstić information content (AvgIpc) is 3.40. The fourth-order valence-electron chi connectivity index (χ4n) is 4.62. The molecule has 2 aliphatic rings. The van der Waals surface area contributed by atoms with Crippen LogP contribution >= 0.6 is 0 Å². The molecule has 0 radical (unpaired) electrons. The molecule has 1 fully saturated rings. The Balaban J connectivity index is 1.51. The second-order valence-corrected chi connectivity index (χ2v) is 8.22. The molecule has 1 aliphatic heterocycles. The van der Waals surface area contributed by atoms with E-state index in [4.69, 9.17) is 4.98 Å². The highest BCUT2D eigenvalue weighted by Crippen LogP contribution is 2.44. The standard InChI is InChI=1S/C22H22FN9/c1-3-17-21-29-28-13(2)31(21)18-12-26-22(27-20(18)32(17)15-5-4-6-15)30-10-9-24-19(30)16-8-7-14(23)11-25-16/h7-12,15,17H,3-6H2,1-2H3/t17-/m1/s1. The van der Waals surface area contributed by atoms with Crippen molar-refractivity contribution in [1.82, 2.24) is 39.3 Å². The largest absolute Gasteiger partial charge is 0.341 e. The Morgan fingerprint density at radius 1 is 1.09 bits per heavy atom. The maximum atomic E-state index is 13.4. The van der Waals surface area contributed by atoms with E-state index >= 15 is 0 Å². The van der Waals surface area contributed by atoms with Crippen LogP contribution < -0.4 is 4.90 Å². The van der Waals surface area contributed by atoms with Crippen molar-refractivity contribution in [3.05, 3.63) is 54.4 Å². The number of halogens is 1. The zero-order valence-corrected chi connectivity index (χ0v) is 17.9. The number of rotatable bonds is 4. The molecule has 32 heavy (non-hydrogen) atoms. The van der Waals surface area contributed by atoms with Crippen molar-refractivity contribution >= 4 is 5.82 Å². The Kier molecular flexibility index (Phi) is 4.27. The molecule has 162 valence electrons. The molecule has 0 bridgehead atoms. The molecule has 4 aromatic rings. The van der Waals surface area contributed by atoms with Crippen molar-refractivity contribution in [1.29, 1.82) is 0 Å². The summed E-state index contributed by atoms with van der Waals surface area (Å²) in [4.78, 5) is 20.7. The highest BCUT2D eigenvalue weighted by Gasteiger charge is 2.40. The van der Waals surface area contributed by atoms with Gasteiger partial charge in [-0.05, 0) is 44.7 Å². The van der Waals surface area contributed by atoms with E-state index in [1.807, 2.05) is 13.1 Å². The first kappa shape index (κ1) is 19.0. The Bertz CT molecular complexity index is 1290. The van der Waals surface area contributed by atoms with Gasteiger partial charge in [0.1, 0.15) is 23.0 Å². The van der Waals surface area contributed by atoms with Crippen molar-refractivity contribution < 1.29 is 4.39 Å². The van der Waals surface area contributed by atoms with Gasteiger partial charge in [-0.1, -0.05) is 6.92 Å². The minimum Gasteiger partial charge on any atom is -0.341 e. The second-order valence-electron chi connectivity index (χ2n) is 8.22. The third kappa shape index (κ3) is 2.75. The Hall–Kier alpha value is -3.69. The number of hydrogen-bond donors (Lipinski definition) is 0. The first-order valence-electron chi connectivity index (χ1n) is 10.9. The van der Waals surface area contributed by atoms with Crippen LogP contribution in [-0.2, 0) is 0 Å². The molecule has 6 rings (SSSR count). The van der Waals surface area contributed by atoms with Gasteiger partial charge in [0.05, 0.1) is 18.4 Å². The number of aromatic nitrogens is 8. The van der Waals surface area contributed by atoms with Gasteiger partial charge in [-0.15, -0.1) is 10.2 Å². The Morgan fingerprint density at radius 2 is 1.97 bits per heavy atom. The first-order valence-corrected chi connectivity index (χ1v) is 10.9. The lowest BCUT2D eigenvalue weighted by atomic mass is 9.89. The molecule has 5 heterocycles. The number of aryl methyl sites for hydroxylation is 1. The molecule has 0 unspecified atom stereocenters. The quantitative estimate of drug-likeness (QED) is 0.488. The molecule has 0 amide bonds. The summed E-state index contributed by atoms with van der Waals surface area (Å²) in [6.07, 6.45) is 10.9. The smallest absolute Gasteiger partial charge is 0.237 e. The van der Waals surface area contributed by atoms with E-state index in [9.17, 15) is 4.39 Å². The van der Waals surface area contributed by atoms with E-state index in [1.54, 1.807) is 23.0 Å². The highest BCUT2D eigenvalue weighted by molar-refractivity contribution is 5.64. The van der Waals surface area contributed by atoms with Crippen LogP contribution in [0.25, 0.3) is 23.2 Å². The second kappa shape index (κ2) is 7.18. The summed E-state index contributed by atoms with van der Waals surface area (Å²) in [5.74, 6) is 3.31. The summed E-state index contributed by atoms with van der Waals surface area (Å²) in [5.41, 5.74) is 1.45. The summed E-state index contributed by atoms with van der Waals surface area (Å²) in [5, 5.41) is 8.84. The Labute approximate surface area is 184 Å². The van der Waals surface area contributed by atoms with Gasteiger partial charge < -0.3 is 4.90 Å². The zero-order chi connectivity index (χ0) is 21.8. The van der Waals surface area contributed by atoms with Gasteiger partial charge >= 0.3 is 0 Å². The van der Waals surface area contributed by atoms with Crippen LogP contribution in [0.2, 0.25) is 0 Å². The van der Waals surface area contributed by atoms with E-state index in [0.717, 1.165) is 42.4 Å². The molecule has 0 spiro atoms. The number of anilines is 1. The summed E-state index contributed by atoms with van der Waals surface area (Å²) in [6.45, 7) is 4.13.